The fraction of sp³-hybridized carbons (Fsp3) is 0.417. The van der Waals surface area contributed by atoms with Crippen molar-refractivity contribution in [3.63, 3.8) is 0 Å². The predicted octanol–water partition coefficient (Wildman–Crippen LogP) is 2.11. The van der Waals surface area contributed by atoms with Gasteiger partial charge in [0, 0.05) is 18.8 Å². The van der Waals surface area contributed by atoms with Crippen molar-refractivity contribution >= 4 is 11.7 Å². The van der Waals surface area contributed by atoms with Crippen LogP contribution in [0.15, 0.2) is 24.3 Å². The minimum atomic E-state index is -0.198. The van der Waals surface area contributed by atoms with Crippen molar-refractivity contribution in [2.75, 3.05) is 18.9 Å². The molecule has 16 heavy (non-hydrogen) atoms. The highest BCUT2D eigenvalue weighted by atomic mass is 16.2. The number of para-hydroxylation sites is 1. The van der Waals surface area contributed by atoms with Gasteiger partial charge < -0.3 is 16.0 Å². The van der Waals surface area contributed by atoms with Crippen molar-refractivity contribution in [1.29, 1.82) is 0 Å². The molecular weight excluding hydrogens is 202 g/mol. The number of carbonyl (C=O) groups is 1. The maximum Gasteiger partial charge on any atom is 0.318 e. The van der Waals surface area contributed by atoms with E-state index in [4.69, 9.17) is 0 Å². The van der Waals surface area contributed by atoms with E-state index in [0.29, 0.717) is 0 Å². The zero-order valence-electron chi connectivity index (χ0n) is 10.0. The first-order valence-electron chi connectivity index (χ1n) is 5.50. The smallest absolute Gasteiger partial charge is 0.318 e. The normalized spacial score (nSPS) is 11.9. The van der Waals surface area contributed by atoms with Gasteiger partial charge in [-0.1, -0.05) is 25.1 Å². The highest BCUT2D eigenvalue weighted by molar-refractivity contribution is 5.89. The Labute approximate surface area is 96.4 Å². The van der Waals surface area contributed by atoms with E-state index in [-0.39, 0.29) is 12.1 Å². The summed E-state index contributed by atoms with van der Waals surface area (Å²) in [5.74, 6) is 0. The minimum Gasteiger partial charge on any atom is -0.341 e. The summed E-state index contributed by atoms with van der Waals surface area (Å²) < 4.78 is 0. The first-order valence-corrected chi connectivity index (χ1v) is 5.50. The molecule has 0 aliphatic rings. The van der Waals surface area contributed by atoms with Gasteiger partial charge in [0.2, 0.25) is 0 Å². The molecule has 1 aromatic carbocycles. The quantitative estimate of drug-likeness (QED) is 0.729. The fourth-order valence-electron chi connectivity index (χ4n) is 1.59. The van der Waals surface area contributed by atoms with Gasteiger partial charge in [-0.05, 0) is 25.1 Å². The molecule has 0 saturated carbocycles. The number of nitrogens with one attached hydrogen (secondary N) is 3. The van der Waals surface area contributed by atoms with Gasteiger partial charge in [-0.15, -0.1) is 0 Å². The Morgan fingerprint density at radius 2 is 2.06 bits per heavy atom. The largest absolute Gasteiger partial charge is 0.341 e. The van der Waals surface area contributed by atoms with Crippen molar-refractivity contribution in [3.05, 3.63) is 29.8 Å². The summed E-state index contributed by atoms with van der Waals surface area (Å²) in [6.07, 6.45) is 0. The lowest BCUT2D eigenvalue weighted by molar-refractivity contribution is 0.254. The molecular formula is C12H19N3O. The van der Waals surface area contributed by atoms with Crippen LogP contribution in [0.1, 0.15) is 25.5 Å². The number of carbonyl (C=O) groups excluding carboxylic acids is 1. The summed E-state index contributed by atoms with van der Waals surface area (Å²) in [6, 6.07) is 7.82. The van der Waals surface area contributed by atoms with Gasteiger partial charge in [0.15, 0.2) is 0 Å². The third-order valence-electron chi connectivity index (χ3n) is 2.41. The zero-order valence-corrected chi connectivity index (χ0v) is 10.0. The van der Waals surface area contributed by atoms with Crippen LogP contribution in [0.25, 0.3) is 0 Å². The van der Waals surface area contributed by atoms with Crippen LogP contribution >= 0.6 is 0 Å². The Morgan fingerprint density at radius 1 is 1.38 bits per heavy atom. The van der Waals surface area contributed by atoms with E-state index < -0.39 is 0 Å². The Hall–Kier alpha value is -1.55. The van der Waals surface area contributed by atoms with Crippen LogP contribution < -0.4 is 16.0 Å². The Bertz CT molecular complexity index is 352. The number of benzene rings is 1. The molecule has 0 heterocycles. The molecule has 0 spiro atoms. The molecule has 0 aliphatic carbocycles. The van der Waals surface area contributed by atoms with Gasteiger partial charge in [0.05, 0.1) is 0 Å². The Kier molecular flexibility index (Phi) is 4.79. The summed E-state index contributed by atoms with van der Waals surface area (Å²) in [5.41, 5.74) is 1.93. The molecule has 4 nitrogen and oxygen atoms in total. The molecule has 0 aromatic heterocycles. The fourth-order valence-corrected chi connectivity index (χ4v) is 1.59. The highest BCUT2D eigenvalue weighted by Gasteiger charge is 2.10. The average Bonchev–Trinajstić information content (AvgIpc) is 2.30. The van der Waals surface area contributed by atoms with Crippen LogP contribution in [-0.2, 0) is 0 Å². The van der Waals surface area contributed by atoms with Crippen molar-refractivity contribution in [2.45, 2.75) is 19.9 Å². The van der Waals surface area contributed by atoms with Crippen LogP contribution in [0.4, 0.5) is 10.5 Å². The number of rotatable bonds is 4. The number of hydrogen-bond donors (Lipinski definition) is 3. The number of amides is 2. The first kappa shape index (κ1) is 12.5. The van der Waals surface area contributed by atoms with Crippen LogP contribution in [0.3, 0.4) is 0 Å². The molecule has 0 fully saturated rings. The number of urea groups is 1. The second kappa shape index (κ2) is 6.12. The van der Waals surface area contributed by atoms with Gasteiger partial charge in [-0.25, -0.2) is 4.79 Å². The van der Waals surface area contributed by atoms with Gasteiger partial charge in [-0.3, -0.25) is 0 Å². The van der Waals surface area contributed by atoms with Gasteiger partial charge in [0.25, 0.3) is 0 Å². The molecule has 4 heteroatoms. The standard InChI is InChI=1S/C12H19N3O/c1-4-14-9(2)10-7-5-6-8-11(10)15-12(16)13-3/h5-9,14H,4H2,1-3H3,(H2,13,15,16). The molecule has 0 aliphatic heterocycles. The molecule has 1 rings (SSSR count). The third kappa shape index (κ3) is 3.24. The van der Waals surface area contributed by atoms with E-state index in [1.165, 1.54) is 0 Å². The maximum absolute atomic E-state index is 11.3. The second-order valence-corrected chi connectivity index (χ2v) is 3.57. The number of hydrogen-bond acceptors (Lipinski definition) is 2. The first-order chi connectivity index (χ1) is 7.69. The van der Waals surface area contributed by atoms with E-state index in [2.05, 4.69) is 29.8 Å². The van der Waals surface area contributed by atoms with E-state index in [0.717, 1.165) is 17.8 Å². The lowest BCUT2D eigenvalue weighted by Gasteiger charge is -2.17. The van der Waals surface area contributed by atoms with E-state index in [1.807, 2.05) is 24.3 Å². The summed E-state index contributed by atoms with van der Waals surface area (Å²) in [6.45, 7) is 5.04. The van der Waals surface area contributed by atoms with E-state index >= 15 is 0 Å². The summed E-state index contributed by atoms with van der Waals surface area (Å²) in [4.78, 5) is 11.3. The second-order valence-electron chi connectivity index (χ2n) is 3.57. The summed E-state index contributed by atoms with van der Waals surface area (Å²) >= 11 is 0. The lowest BCUT2D eigenvalue weighted by atomic mass is 10.1. The Balaban J connectivity index is 2.86. The van der Waals surface area contributed by atoms with Crippen LogP contribution in [-0.4, -0.2) is 19.6 Å². The van der Waals surface area contributed by atoms with Crippen LogP contribution in [0, 0.1) is 0 Å². The van der Waals surface area contributed by atoms with Crippen molar-refractivity contribution in [2.24, 2.45) is 0 Å². The third-order valence-corrected chi connectivity index (χ3v) is 2.41. The van der Waals surface area contributed by atoms with Crippen molar-refractivity contribution < 1.29 is 4.79 Å². The van der Waals surface area contributed by atoms with Crippen molar-refractivity contribution in [3.8, 4) is 0 Å². The molecule has 0 radical (unpaired) electrons. The summed E-state index contributed by atoms with van der Waals surface area (Å²) in [5, 5.41) is 8.67. The van der Waals surface area contributed by atoms with Gasteiger partial charge >= 0.3 is 6.03 Å². The molecule has 1 aromatic rings. The maximum atomic E-state index is 11.3. The molecule has 3 N–H and O–H groups in total. The van der Waals surface area contributed by atoms with E-state index in [1.54, 1.807) is 7.05 Å². The average molecular weight is 221 g/mol. The predicted molar refractivity (Wildman–Crippen MR) is 66.6 cm³/mol. The van der Waals surface area contributed by atoms with Gasteiger partial charge in [-0.2, -0.15) is 0 Å². The van der Waals surface area contributed by atoms with Crippen molar-refractivity contribution in [1.82, 2.24) is 10.6 Å². The molecule has 0 bridgehead atoms. The monoisotopic (exact) mass is 221 g/mol. The number of anilines is 1. The van der Waals surface area contributed by atoms with Crippen LogP contribution in [0.5, 0.6) is 0 Å². The molecule has 1 unspecified atom stereocenters. The minimum absolute atomic E-state index is 0.198. The lowest BCUT2D eigenvalue weighted by Crippen LogP contribution is -2.26. The topological polar surface area (TPSA) is 53.2 Å². The highest BCUT2D eigenvalue weighted by Crippen LogP contribution is 2.22. The zero-order chi connectivity index (χ0) is 12.0. The molecule has 1 atom stereocenters. The van der Waals surface area contributed by atoms with Crippen LogP contribution in [0.2, 0.25) is 0 Å². The van der Waals surface area contributed by atoms with E-state index in [9.17, 15) is 4.79 Å². The molecule has 2 amide bonds. The van der Waals surface area contributed by atoms with Gasteiger partial charge in [0.1, 0.15) is 0 Å². The molecule has 0 saturated heterocycles. The summed E-state index contributed by atoms with van der Waals surface area (Å²) in [7, 11) is 1.60. The SMILES string of the molecule is CCNC(C)c1ccccc1NC(=O)NC. The molecule has 88 valence electrons. The Morgan fingerprint density at radius 3 is 2.69 bits per heavy atom.